The van der Waals surface area contributed by atoms with E-state index in [1.807, 2.05) is 0 Å². The maximum Gasteiger partial charge on any atom is 0.221 e. The first-order chi connectivity index (χ1) is 6.95. The average Bonchev–Trinajstić information content (AvgIpc) is 2.13. The molecular formula is C9H19NO4S. The van der Waals surface area contributed by atoms with Crippen LogP contribution in [-0.4, -0.2) is 46.6 Å². The highest BCUT2D eigenvalue weighted by Crippen LogP contribution is 1.90. The van der Waals surface area contributed by atoms with E-state index in [-0.39, 0.29) is 18.1 Å². The van der Waals surface area contributed by atoms with E-state index in [2.05, 4.69) is 5.32 Å². The topological polar surface area (TPSA) is 72.5 Å². The Morgan fingerprint density at radius 2 is 2.00 bits per heavy atom. The van der Waals surface area contributed by atoms with Gasteiger partial charge in [-0.3, -0.25) is 4.79 Å². The van der Waals surface area contributed by atoms with Crippen LogP contribution in [0.25, 0.3) is 0 Å². The lowest BCUT2D eigenvalue weighted by Crippen LogP contribution is -2.26. The van der Waals surface area contributed by atoms with Crippen LogP contribution in [0.1, 0.15) is 19.3 Å². The monoisotopic (exact) mass is 237 g/mol. The van der Waals surface area contributed by atoms with Gasteiger partial charge in [-0.1, -0.05) is 0 Å². The number of rotatable bonds is 8. The van der Waals surface area contributed by atoms with Gasteiger partial charge in [0.2, 0.25) is 5.91 Å². The number of amides is 1. The minimum absolute atomic E-state index is 0.0448. The van der Waals surface area contributed by atoms with Crippen molar-refractivity contribution >= 4 is 15.7 Å². The molecule has 0 aliphatic heterocycles. The van der Waals surface area contributed by atoms with E-state index in [9.17, 15) is 13.2 Å². The normalized spacial score (nSPS) is 11.3. The van der Waals surface area contributed by atoms with E-state index >= 15 is 0 Å². The number of carbonyl (C=O) groups is 1. The molecule has 0 saturated carbocycles. The summed E-state index contributed by atoms with van der Waals surface area (Å²) >= 11 is 0. The summed E-state index contributed by atoms with van der Waals surface area (Å²) in [5.74, 6) is -0.297. The van der Waals surface area contributed by atoms with Gasteiger partial charge in [-0.15, -0.1) is 0 Å². The van der Waals surface area contributed by atoms with Crippen LogP contribution in [0.4, 0.5) is 0 Å². The zero-order valence-electron chi connectivity index (χ0n) is 9.28. The zero-order chi connectivity index (χ0) is 11.7. The first-order valence-electron chi connectivity index (χ1n) is 4.89. The molecule has 90 valence electrons. The molecule has 0 atom stereocenters. The molecule has 0 aliphatic carbocycles. The van der Waals surface area contributed by atoms with Crippen molar-refractivity contribution in [2.75, 3.05) is 32.3 Å². The number of hydrogen-bond acceptors (Lipinski definition) is 4. The molecule has 1 amide bonds. The molecule has 5 nitrogen and oxygen atoms in total. The number of hydrogen-bond donors (Lipinski definition) is 1. The third-order valence-electron chi connectivity index (χ3n) is 1.80. The molecule has 0 radical (unpaired) electrons. The second-order valence-electron chi connectivity index (χ2n) is 3.43. The molecule has 15 heavy (non-hydrogen) atoms. The Morgan fingerprint density at radius 1 is 1.33 bits per heavy atom. The largest absolute Gasteiger partial charge is 0.385 e. The molecule has 0 aromatic rings. The maximum atomic E-state index is 11.1. The standard InChI is InChI=1S/C9H19NO4S/c1-14-7-4-3-6-10-9(11)5-8-15(2,12)13/h3-8H2,1-2H3,(H,10,11). The molecule has 0 aliphatic rings. The summed E-state index contributed by atoms with van der Waals surface area (Å²) in [6.07, 6.45) is 2.91. The Hall–Kier alpha value is -0.620. The second-order valence-corrected chi connectivity index (χ2v) is 5.69. The Kier molecular flexibility index (Phi) is 7.33. The Morgan fingerprint density at radius 3 is 2.53 bits per heavy atom. The van der Waals surface area contributed by atoms with E-state index in [0.29, 0.717) is 13.2 Å². The van der Waals surface area contributed by atoms with Crippen molar-refractivity contribution in [3.05, 3.63) is 0 Å². The summed E-state index contributed by atoms with van der Waals surface area (Å²) in [4.78, 5) is 11.1. The van der Waals surface area contributed by atoms with Gasteiger partial charge in [0.1, 0.15) is 9.84 Å². The van der Waals surface area contributed by atoms with Gasteiger partial charge in [-0.25, -0.2) is 8.42 Å². The van der Waals surface area contributed by atoms with E-state index < -0.39 is 9.84 Å². The van der Waals surface area contributed by atoms with Gasteiger partial charge in [-0.05, 0) is 12.8 Å². The molecule has 6 heteroatoms. The predicted octanol–water partition coefficient (Wildman–Crippen LogP) is -0.0361. The van der Waals surface area contributed by atoms with E-state index in [4.69, 9.17) is 4.74 Å². The van der Waals surface area contributed by atoms with Gasteiger partial charge < -0.3 is 10.1 Å². The zero-order valence-corrected chi connectivity index (χ0v) is 10.1. The summed E-state index contributed by atoms with van der Waals surface area (Å²) in [7, 11) is -1.41. The summed E-state index contributed by atoms with van der Waals surface area (Å²) in [5, 5.41) is 2.66. The van der Waals surface area contributed by atoms with Crippen LogP contribution < -0.4 is 5.32 Å². The van der Waals surface area contributed by atoms with Crippen molar-refractivity contribution in [2.45, 2.75) is 19.3 Å². The summed E-state index contributed by atoms with van der Waals surface area (Å²) < 4.78 is 26.4. The number of nitrogens with one attached hydrogen (secondary N) is 1. The molecule has 0 rings (SSSR count). The number of methoxy groups -OCH3 is 1. The predicted molar refractivity (Wildman–Crippen MR) is 58.4 cm³/mol. The molecule has 0 aromatic carbocycles. The number of ether oxygens (including phenoxy) is 1. The highest BCUT2D eigenvalue weighted by atomic mass is 32.2. The lowest BCUT2D eigenvalue weighted by molar-refractivity contribution is -0.120. The molecule has 0 aromatic heterocycles. The molecule has 0 unspecified atom stereocenters. The third kappa shape index (κ3) is 11.3. The summed E-state index contributed by atoms with van der Waals surface area (Å²) in [5.41, 5.74) is 0. The SMILES string of the molecule is COCCCCNC(=O)CCS(C)(=O)=O. The Balaban J connectivity index is 3.42. The fourth-order valence-corrected chi connectivity index (χ4v) is 1.52. The van der Waals surface area contributed by atoms with Crippen LogP contribution in [0.2, 0.25) is 0 Å². The molecule has 0 spiro atoms. The number of carbonyl (C=O) groups excluding carboxylic acids is 1. The van der Waals surface area contributed by atoms with Crippen LogP contribution >= 0.6 is 0 Å². The molecule has 1 N–H and O–H groups in total. The molecule has 0 fully saturated rings. The minimum atomic E-state index is -3.04. The average molecular weight is 237 g/mol. The van der Waals surface area contributed by atoms with Gasteiger partial charge >= 0.3 is 0 Å². The van der Waals surface area contributed by atoms with Crippen LogP contribution in [0.3, 0.4) is 0 Å². The van der Waals surface area contributed by atoms with E-state index in [0.717, 1.165) is 19.1 Å². The van der Waals surface area contributed by atoms with Gasteiger partial charge in [-0.2, -0.15) is 0 Å². The van der Waals surface area contributed by atoms with Crippen LogP contribution in [0, 0.1) is 0 Å². The highest BCUT2D eigenvalue weighted by Gasteiger charge is 2.06. The smallest absolute Gasteiger partial charge is 0.221 e. The summed E-state index contributed by atoms with van der Waals surface area (Å²) in [6, 6.07) is 0. The van der Waals surface area contributed by atoms with Crippen molar-refractivity contribution in [3.63, 3.8) is 0 Å². The maximum absolute atomic E-state index is 11.1. The quantitative estimate of drug-likeness (QED) is 0.601. The fourth-order valence-electron chi connectivity index (χ4n) is 0.966. The van der Waals surface area contributed by atoms with Crippen LogP contribution in [0.5, 0.6) is 0 Å². The van der Waals surface area contributed by atoms with Gasteiger partial charge in [0.25, 0.3) is 0 Å². The van der Waals surface area contributed by atoms with Crippen molar-refractivity contribution in [1.29, 1.82) is 0 Å². The second kappa shape index (κ2) is 7.64. The van der Waals surface area contributed by atoms with Crippen LogP contribution in [-0.2, 0) is 19.4 Å². The van der Waals surface area contributed by atoms with E-state index in [1.54, 1.807) is 7.11 Å². The Labute approximate surface area is 91.1 Å². The van der Waals surface area contributed by atoms with Gasteiger partial charge in [0.15, 0.2) is 0 Å². The van der Waals surface area contributed by atoms with Crippen molar-refractivity contribution < 1.29 is 17.9 Å². The number of sulfone groups is 1. The van der Waals surface area contributed by atoms with Crippen molar-refractivity contribution in [1.82, 2.24) is 5.32 Å². The molecule has 0 bridgehead atoms. The van der Waals surface area contributed by atoms with Gasteiger partial charge in [0, 0.05) is 32.9 Å². The number of unbranched alkanes of at least 4 members (excludes halogenated alkanes) is 1. The van der Waals surface area contributed by atoms with Gasteiger partial charge in [0.05, 0.1) is 5.75 Å². The van der Waals surface area contributed by atoms with Crippen molar-refractivity contribution in [3.8, 4) is 0 Å². The first-order valence-corrected chi connectivity index (χ1v) is 6.95. The Bertz CT molecular complexity index is 274. The third-order valence-corrected chi connectivity index (χ3v) is 2.74. The molecular weight excluding hydrogens is 218 g/mol. The lowest BCUT2D eigenvalue weighted by Gasteiger charge is -2.04. The molecule has 0 heterocycles. The minimum Gasteiger partial charge on any atom is -0.385 e. The lowest BCUT2D eigenvalue weighted by atomic mass is 10.3. The van der Waals surface area contributed by atoms with E-state index in [1.165, 1.54) is 0 Å². The summed E-state index contributed by atoms with van der Waals surface area (Å²) in [6.45, 7) is 1.26. The van der Waals surface area contributed by atoms with Crippen LogP contribution in [0.15, 0.2) is 0 Å². The highest BCUT2D eigenvalue weighted by molar-refractivity contribution is 7.90. The fraction of sp³-hybridized carbons (Fsp3) is 0.889. The molecule has 0 saturated heterocycles. The van der Waals surface area contributed by atoms with Crippen molar-refractivity contribution in [2.24, 2.45) is 0 Å². The first kappa shape index (κ1) is 14.4.